The molecule has 1 N–H and O–H groups in total. The summed E-state index contributed by atoms with van der Waals surface area (Å²) >= 11 is 0. The van der Waals surface area contributed by atoms with Gasteiger partial charge in [-0.3, -0.25) is 0 Å². The lowest BCUT2D eigenvalue weighted by Crippen LogP contribution is -1.98. The van der Waals surface area contributed by atoms with E-state index in [4.69, 9.17) is 5.11 Å². The molecule has 0 saturated heterocycles. The quantitative estimate of drug-likeness (QED) is 0.831. The molecule has 0 fully saturated rings. The molecule has 16 heavy (non-hydrogen) atoms. The molecule has 0 aliphatic carbocycles. The first kappa shape index (κ1) is 10.7. The summed E-state index contributed by atoms with van der Waals surface area (Å²) in [4.78, 5) is 11.0. The second-order valence-corrected chi connectivity index (χ2v) is 4.02. The van der Waals surface area contributed by atoms with Crippen molar-refractivity contribution >= 4 is 16.7 Å². The summed E-state index contributed by atoms with van der Waals surface area (Å²) in [6.45, 7) is 4.09. The van der Waals surface area contributed by atoms with Crippen LogP contribution in [0.15, 0.2) is 30.3 Å². The standard InChI is InChI=1S/C14H14O2/c1-3-10-7-12(14(15)16)8-11-5-4-9(2)6-13(10)11/h4-8H,3H2,1-2H3,(H,15,16). The number of carboxylic acid groups (broad SMARTS) is 1. The van der Waals surface area contributed by atoms with Gasteiger partial charge in [-0.25, -0.2) is 4.79 Å². The van der Waals surface area contributed by atoms with Gasteiger partial charge in [-0.2, -0.15) is 0 Å². The van der Waals surface area contributed by atoms with Crippen molar-refractivity contribution in [2.45, 2.75) is 20.3 Å². The normalized spacial score (nSPS) is 10.6. The zero-order valence-electron chi connectivity index (χ0n) is 9.45. The summed E-state index contributed by atoms with van der Waals surface area (Å²) in [6.07, 6.45) is 0.848. The Bertz CT molecular complexity index is 556. The van der Waals surface area contributed by atoms with Crippen LogP contribution in [0, 0.1) is 6.92 Å². The minimum absolute atomic E-state index is 0.369. The number of fused-ring (bicyclic) bond motifs is 1. The van der Waals surface area contributed by atoms with E-state index >= 15 is 0 Å². The average Bonchev–Trinajstić information content (AvgIpc) is 2.27. The number of aryl methyl sites for hydroxylation is 2. The molecule has 0 atom stereocenters. The Labute approximate surface area is 94.5 Å². The van der Waals surface area contributed by atoms with E-state index in [9.17, 15) is 4.79 Å². The van der Waals surface area contributed by atoms with Gasteiger partial charge in [-0.05, 0) is 41.8 Å². The van der Waals surface area contributed by atoms with Gasteiger partial charge in [-0.15, -0.1) is 0 Å². The van der Waals surface area contributed by atoms with Crippen molar-refractivity contribution in [2.75, 3.05) is 0 Å². The minimum atomic E-state index is -0.864. The van der Waals surface area contributed by atoms with Gasteiger partial charge in [0.15, 0.2) is 0 Å². The van der Waals surface area contributed by atoms with Crippen molar-refractivity contribution in [1.82, 2.24) is 0 Å². The van der Waals surface area contributed by atoms with E-state index in [0.29, 0.717) is 5.56 Å². The van der Waals surface area contributed by atoms with Gasteiger partial charge in [0.2, 0.25) is 0 Å². The van der Waals surface area contributed by atoms with Crippen molar-refractivity contribution in [3.05, 3.63) is 47.0 Å². The Kier molecular flexibility index (Phi) is 2.65. The lowest BCUT2D eigenvalue weighted by molar-refractivity contribution is 0.0697. The molecule has 2 aromatic carbocycles. The van der Waals surface area contributed by atoms with E-state index in [1.54, 1.807) is 12.1 Å². The van der Waals surface area contributed by atoms with Crippen LogP contribution in [0.25, 0.3) is 10.8 Å². The Morgan fingerprint density at radius 2 is 2.00 bits per heavy atom. The molecule has 0 heterocycles. The smallest absolute Gasteiger partial charge is 0.335 e. The summed E-state index contributed by atoms with van der Waals surface area (Å²) in [7, 11) is 0. The monoisotopic (exact) mass is 214 g/mol. The third kappa shape index (κ3) is 1.78. The highest BCUT2D eigenvalue weighted by molar-refractivity contribution is 5.96. The molecule has 0 amide bonds. The number of carbonyl (C=O) groups is 1. The number of aromatic carboxylic acids is 1. The third-order valence-electron chi connectivity index (χ3n) is 2.82. The van der Waals surface area contributed by atoms with Gasteiger partial charge >= 0.3 is 5.97 Å². The van der Waals surface area contributed by atoms with Gasteiger partial charge < -0.3 is 5.11 Å². The highest BCUT2D eigenvalue weighted by Gasteiger charge is 2.07. The summed E-state index contributed by atoms with van der Waals surface area (Å²) in [5.74, 6) is -0.864. The Morgan fingerprint density at radius 3 is 2.62 bits per heavy atom. The second-order valence-electron chi connectivity index (χ2n) is 4.02. The largest absolute Gasteiger partial charge is 0.478 e. The predicted octanol–water partition coefficient (Wildman–Crippen LogP) is 3.41. The van der Waals surface area contributed by atoms with Crippen LogP contribution in [0.2, 0.25) is 0 Å². The van der Waals surface area contributed by atoms with E-state index in [2.05, 4.69) is 6.07 Å². The topological polar surface area (TPSA) is 37.3 Å². The highest BCUT2D eigenvalue weighted by Crippen LogP contribution is 2.23. The zero-order valence-corrected chi connectivity index (χ0v) is 9.45. The first-order chi connectivity index (χ1) is 7.61. The van der Waals surface area contributed by atoms with Crippen LogP contribution in [-0.4, -0.2) is 11.1 Å². The van der Waals surface area contributed by atoms with Crippen molar-refractivity contribution in [2.24, 2.45) is 0 Å². The fourth-order valence-corrected chi connectivity index (χ4v) is 1.96. The van der Waals surface area contributed by atoms with Crippen molar-refractivity contribution in [3.8, 4) is 0 Å². The number of hydrogen-bond acceptors (Lipinski definition) is 1. The maximum absolute atomic E-state index is 11.0. The summed E-state index contributed by atoms with van der Waals surface area (Å²) in [5, 5.41) is 11.2. The first-order valence-electron chi connectivity index (χ1n) is 5.38. The molecule has 2 nitrogen and oxygen atoms in total. The molecule has 2 rings (SSSR count). The van der Waals surface area contributed by atoms with Crippen molar-refractivity contribution in [3.63, 3.8) is 0 Å². The molecule has 0 aliphatic rings. The Hall–Kier alpha value is -1.83. The van der Waals surface area contributed by atoms with E-state index in [1.807, 2.05) is 26.0 Å². The molecular formula is C14H14O2. The van der Waals surface area contributed by atoms with Crippen LogP contribution in [0.4, 0.5) is 0 Å². The lowest BCUT2D eigenvalue weighted by Gasteiger charge is -2.07. The van der Waals surface area contributed by atoms with Gasteiger partial charge in [0, 0.05) is 0 Å². The Balaban J connectivity index is 2.78. The maximum atomic E-state index is 11.0. The Morgan fingerprint density at radius 1 is 1.25 bits per heavy atom. The summed E-state index contributed by atoms with van der Waals surface area (Å²) < 4.78 is 0. The molecule has 2 aromatic rings. The predicted molar refractivity (Wildman–Crippen MR) is 65.0 cm³/mol. The number of hydrogen-bond donors (Lipinski definition) is 1. The molecule has 0 unspecified atom stereocenters. The number of carboxylic acids is 1. The fourth-order valence-electron chi connectivity index (χ4n) is 1.96. The average molecular weight is 214 g/mol. The zero-order chi connectivity index (χ0) is 11.7. The van der Waals surface area contributed by atoms with Gasteiger partial charge in [0.1, 0.15) is 0 Å². The first-order valence-corrected chi connectivity index (χ1v) is 5.38. The van der Waals surface area contributed by atoms with Crippen molar-refractivity contribution < 1.29 is 9.90 Å². The van der Waals surface area contributed by atoms with Crippen LogP contribution in [0.1, 0.15) is 28.4 Å². The molecule has 82 valence electrons. The molecule has 0 aliphatic heterocycles. The molecular weight excluding hydrogens is 200 g/mol. The summed E-state index contributed by atoms with van der Waals surface area (Å²) in [6, 6.07) is 9.60. The highest BCUT2D eigenvalue weighted by atomic mass is 16.4. The second kappa shape index (κ2) is 3.97. The van der Waals surface area contributed by atoms with Crippen molar-refractivity contribution in [1.29, 1.82) is 0 Å². The van der Waals surface area contributed by atoms with Crippen LogP contribution in [-0.2, 0) is 6.42 Å². The molecule has 2 heteroatoms. The summed E-state index contributed by atoms with van der Waals surface area (Å²) in [5.41, 5.74) is 2.66. The van der Waals surface area contributed by atoms with E-state index in [-0.39, 0.29) is 0 Å². The van der Waals surface area contributed by atoms with Crippen LogP contribution >= 0.6 is 0 Å². The van der Waals surface area contributed by atoms with Gasteiger partial charge in [0.25, 0.3) is 0 Å². The molecule has 0 bridgehead atoms. The van der Waals surface area contributed by atoms with E-state index in [1.165, 1.54) is 5.56 Å². The maximum Gasteiger partial charge on any atom is 0.335 e. The molecule has 0 spiro atoms. The third-order valence-corrected chi connectivity index (χ3v) is 2.82. The SMILES string of the molecule is CCc1cc(C(=O)O)cc2ccc(C)cc12. The lowest BCUT2D eigenvalue weighted by atomic mass is 9.98. The molecule has 0 saturated carbocycles. The molecule has 0 radical (unpaired) electrons. The van der Waals surface area contributed by atoms with Crippen LogP contribution < -0.4 is 0 Å². The number of benzene rings is 2. The number of rotatable bonds is 2. The van der Waals surface area contributed by atoms with Crippen LogP contribution in [0.5, 0.6) is 0 Å². The van der Waals surface area contributed by atoms with E-state index < -0.39 is 5.97 Å². The van der Waals surface area contributed by atoms with Gasteiger partial charge in [-0.1, -0.05) is 30.7 Å². The van der Waals surface area contributed by atoms with Crippen LogP contribution in [0.3, 0.4) is 0 Å². The fraction of sp³-hybridized carbons (Fsp3) is 0.214. The molecule has 0 aromatic heterocycles. The van der Waals surface area contributed by atoms with E-state index in [0.717, 1.165) is 22.8 Å². The van der Waals surface area contributed by atoms with Gasteiger partial charge in [0.05, 0.1) is 5.56 Å². The minimum Gasteiger partial charge on any atom is -0.478 e.